The van der Waals surface area contributed by atoms with E-state index in [9.17, 15) is 0 Å². The highest BCUT2D eigenvalue weighted by molar-refractivity contribution is 4.72. The lowest BCUT2D eigenvalue weighted by molar-refractivity contribution is -0.0466. The van der Waals surface area contributed by atoms with E-state index in [1.807, 2.05) is 0 Å². The van der Waals surface area contributed by atoms with Crippen LogP contribution in [0.25, 0.3) is 0 Å². The van der Waals surface area contributed by atoms with Gasteiger partial charge in [0.15, 0.2) is 6.29 Å². The third-order valence-electron chi connectivity index (χ3n) is 8.99. The van der Waals surface area contributed by atoms with Gasteiger partial charge in [0.25, 0.3) is 0 Å². The van der Waals surface area contributed by atoms with Crippen LogP contribution in [0.15, 0.2) is 0 Å². The van der Waals surface area contributed by atoms with Gasteiger partial charge in [-0.3, -0.25) is 0 Å². The molecule has 0 fully saturated rings. The van der Waals surface area contributed by atoms with Crippen molar-refractivity contribution >= 4 is 0 Å². The van der Waals surface area contributed by atoms with Crippen molar-refractivity contribution < 1.29 is 10.2 Å². The molecule has 0 heterocycles. The van der Waals surface area contributed by atoms with Gasteiger partial charge in [-0.15, -0.1) is 0 Å². The normalized spacial score (nSPS) is 13.4. The Hall–Kier alpha value is -0.0800. The van der Waals surface area contributed by atoms with Gasteiger partial charge in [0, 0.05) is 0 Å². The van der Waals surface area contributed by atoms with Crippen LogP contribution in [0, 0.1) is 11.8 Å². The molecular formula is C36H74O2. The Bertz CT molecular complexity index is 422. The van der Waals surface area contributed by atoms with Crippen molar-refractivity contribution in [2.24, 2.45) is 11.8 Å². The lowest BCUT2D eigenvalue weighted by Crippen LogP contribution is -2.16. The summed E-state index contributed by atoms with van der Waals surface area (Å²) >= 11 is 0. The maximum absolute atomic E-state index is 9.03. The van der Waals surface area contributed by atoms with Gasteiger partial charge >= 0.3 is 0 Å². The van der Waals surface area contributed by atoms with E-state index in [1.54, 1.807) is 0 Å². The van der Waals surface area contributed by atoms with Gasteiger partial charge in [0.1, 0.15) is 0 Å². The van der Waals surface area contributed by atoms with E-state index in [-0.39, 0.29) is 0 Å². The predicted molar refractivity (Wildman–Crippen MR) is 171 cm³/mol. The maximum Gasteiger partial charge on any atom is 0.151 e. The molecule has 2 atom stereocenters. The molecule has 0 amide bonds. The zero-order chi connectivity index (χ0) is 27.9. The largest absolute Gasteiger partial charge is 0.368 e. The highest BCUT2D eigenvalue weighted by Gasteiger charge is 2.20. The summed E-state index contributed by atoms with van der Waals surface area (Å²) < 4.78 is 0. The Morgan fingerprint density at radius 3 is 0.737 bits per heavy atom. The number of rotatable bonds is 32. The molecule has 230 valence electrons. The molecule has 0 radical (unpaired) electrons. The van der Waals surface area contributed by atoms with Gasteiger partial charge in [-0.2, -0.15) is 0 Å². The maximum atomic E-state index is 9.03. The second-order valence-corrected chi connectivity index (χ2v) is 12.7. The standard InChI is InChI=1S/C36H74O2/c1-4-7-10-13-16-21-26-31-34(29-24-19-14-11-8-5-2)35(30-25-20-15-12-9-6-3)32-27-22-17-18-23-28-33-36(37)38/h34-38H,4-33H2,1-3H3. The predicted octanol–water partition coefficient (Wildman–Crippen LogP) is 12.3. The highest BCUT2D eigenvalue weighted by Crippen LogP contribution is 2.33. The molecule has 2 unspecified atom stereocenters. The van der Waals surface area contributed by atoms with Crippen molar-refractivity contribution in [3.8, 4) is 0 Å². The van der Waals surface area contributed by atoms with Crippen LogP contribution in [0.2, 0.25) is 0 Å². The third kappa shape index (κ3) is 27.5. The highest BCUT2D eigenvalue weighted by atomic mass is 16.5. The van der Waals surface area contributed by atoms with Gasteiger partial charge in [0.05, 0.1) is 0 Å². The SMILES string of the molecule is CCCCCCCCCC(CCCCCCCC)C(CCCCCCCC)CCCCCCCCC(O)O. The number of aliphatic hydroxyl groups is 2. The molecule has 0 saturated heterocycles. The topological polar surface area (TPSA) is 40.5 Å². The molecule has 0 aliphatic rings. The van der Waals surface area contributed by atoms with Crippen LogP contribution < -0.4 is 0 Å². The third-order valence-corrected chi connectivity index (χ3v) is 8.99. The molecule has 0 aromatic heterocycles. The molecule has 0 spiro atoms. The van der Waals surface area contributed by atoms with Crippen molar-refractivity contribution in [2.45, 2.75) is 220 Å². The zero-order valence-corrected chi connectivity index (χ0v) is 26.8. The Labute approximate surface area is 241 Å². The molecule has 38 heavy (non-hydrogen) atoms. The quantitative estimate of drug-likeness (QED) is 0.0660. The second kappa shape index (κ2) is 31.4. The van der Waals surface area contributed by atoms with Crippen molar-refractivity contribution in [2.75, 3.05) is 0 Å². The van der Waals surface area contributed by atoms with Crippen LogP contribution in [0.3, 0.4) is 0 Å². The van der Waals surface area contributed by atoms with E-state index in [2.05, 4.69) is 20.8 Å². The Balaban J connectivity index is 4.69. The average Bonchev–Trinajstić information content (AvgIpc) is 2.91. The summed E-state index contributed by atoms with van der Waals surface area (Å²) in [5.41, 5.74) is 0. The first kappa shape index (κ1) is 37.9. The van der Waals surface area contributed by atoms with Crippen molar-refractivity contribution in [3.63, 3.8) is 0 Å². The molecular weight excluding hydrogens is 464 g/mol. The average molecular weight is 539 g/mol. The molecule has 0 aromatic rings. The van der Waals surface area contributed by atoms with E-state index >= 15 is 0 Å². The summed E-state index contributed by atoms with van der Waals surface area (Å²) in [4.78, 5) is 0. The minimum atomic E-state index is -1.11. The Morgan fingerprint density at radius 1 is 0.289 bits per heavy atom. The first-order valence-electron chi connectivity index (χ1n) is 18.0. The summed E-state index contributed by atoms with van der Waals surface area (Å²) in [6.45, 7) is 6.97. The minimum Gasteiger partial charge on any atom is -0.368 e. The Kier molecular flexibility index (Phi) is 31.4. The van der Waals surface area contributed by atoms with Gasteiger partial charge in [-0.25, -0.2) is 0 Å². The monoisotopic (exact) mass is 539 g/mol. The number of hydrogen-bond acceptors (Lipinski definition) is 2. The number of hydrogen-bond donors (Lipinski definition) is 2. The summed E-state index contributed by atoms with van der Waals surface area (Å²) in [5, 5.41) is 18.1. The molecule has 0 bridgehead atoms. The van der Waals surface area contributed by atoms with Crippen LogP contribution in [-0.2, 0) is 0 Å². The lowest BCUT2D eigenvalue weighted by Gasteiger charge is -2.28. The second-order valence-electron chi connectivity index (χ2n) is 12.7. The molecule has 0 aromatic carbocycles. The first-order chi connectivity index (χ1) is 18.7. The van der Waals surface area contributed by atoms with E-state index in [0.717, 1.165) is 24.7 Å². The van der Waals surface area contributed by atoms with Crippen LogP contribution in [0.1, 0.15) is 213 Å². The van der Waals surface area contributed by atoms with Gasteiger partial charge in [-0.05, 0) is 24.7 Å². The van der Waals surface area contributed by atoms with Crippen LogP contribution in [-0.4, -0.2) is 16.5 Å². The lowest BCUT2D eigenvalue weighted by atomic mass is 9.78. The van der Waals surface area contributed by atoms with Gasteiger partial charge in [0.2, 0.25) is 0 Å². The van der Waals surface area contributed by atoms with Crippen LogP contribution in [0.5, 0.6) is 0 Å². The molecule has 2 heteroatoms. The van der Waals surface area contributed by atoms with E-state index in [0.29, 0.717) is 6.42 Å². The summed E-state index contributed by atoms with van der Waals surface area (Å²) in [6.07, 6.45) is 40.0. The zero-order valence-electron chi connectivity index (χ0n) is 26.8. The summed E-state index contributed by atoms with van der Waals surface area (Å²) in [6, 6.07) is 0. The molecule has 2 nitrogen and oxygen atoms in total. The Morgan fingerprint density at radius 2 is 0.500 bits per heavy atom. The fraction of sp³-hybridized carbons (Fsp3) is 1.00. The van der Waals surface area contributed by atoms with Crippen molar-refractivity contribution in [1.29, 1.82) is 0 Å². The van der Waals surface area contributed by atoms with Crippen LogP contribution in [0.4, 0.5) is 0 Å². The minimum absolute atomic E-state index is 0.541. The molecule has 2 N–H and O–H groups in total. The van der Waals surface area contributed by atoms with E-state index in [4.69, 9.17) is 10.2 Å². The summed E-state index contributed by atoms with van der Waals surface area (Å²) in [7, 11) is 0. The molecule has 0 saturated carbocycles. The van der Waals surface area contributed by atoms with E-state index in [1.165, 1.54) is 173 Å². The van der Waals surface area contributed by atoms with Crippen molar-refractivity contribution in [3.05, 3.63) is 0 Å². The van der Waals surface area contributed by atoms with Gasteiger partial charge < -0.3 is 10.2 Å². The molecule has 0 aliphatic heterocycles. The van der Waals surface area contributed by atoms with Gasteiger partial charge in [-0.1, -0.05) is 201 Å². The smallest absolute Gasteiger partial charge is 0.151 e. The fourth-order valence-electron chi connectivity index (χ4n) is 6.41. The number of unbranched alkanes of at least 4 members (excludes halogenated alkanes) is 21. The fourth-order valence-corrected chi connectivity index (χ4v) is 6.41. The van der Waals surface area contributed by atoms with Crippen molar-refractivity contribution in [1.82, 2.24) is 0 Å². The molecule has 0 aliphatic carbocycles. The first-order valence-corrected chi connectivity index (χ1v) is 18.0. The number of aliphatic hydroxyl groups excluding tert-OH is 1. The van der Waals surface area contributed by atoms with E-state index < -0.39 is 6.29 Å². The summed E-state index contributed by atoms with van der Waals surface area (Å²) in [5.74, 6) is 1.93. The van der Waals surface area contributed by atoms with Crippen LogP contribution >= 0.6 is 0 Å². The molecule has 0 rings (SSSR count).